The number of carbonyl (C=O) groups excluding carboxylic acids is 1. The van der Waals surface area contributed by atoms with E-state index in [9.17, 15) is 4.79 Å². The molecule has 1 atom stereocenters. The van der Waals surface area contributed by atoms with Gasteiger partial charge in [0, 0.05) is 24.2 Å². The lowest BCUT2D eigenvalue weighted by Gasteiger charge is -2.09. The van der Waals surface area contributed by atoms with E-state index in [1.807, 2.05) is 37.3 Å². The largest absolute Gasteiger partial charge is 0.382 e. The van der Waals surface area contributed by atoms with Crippen molar-refractivity contribution in [2.75, 3.05) is 0 Å². The van der Waals surface area contributed by atoms with E-state index in [4.69, 9.17) is 4.84 Å². The molecule has 2 N–H and O–H groups in total. The second-order valence-corrected chi connectivity index (χ2v) is 4.94. The van der Waals surface area contributed by atoms with Crippen LogP contribution in [0.2, 0.25) is 0 Å². The molecule has 3 rings (SSSR count). The third-order valence-electron chi connectivity index (χ3n) is 3.46. The Hall–Kier alpha value is -2.63. The van der Waals surface area contributed by atoms with Gasteiger partial charge in [0.1, 0.15) is 0 Å². The Kier molecular flexibility index (Phi) is 3.68. The summed E-state index contributed by atoms with van der Waals surface area (Å²) in [5, 5.41) is 13.6. The molecule has 1 amide bonds. The molecule has 21 heavy (non-hydrogen) atoms. The smallest absolute Gasteiger partial charge is 0.264 e. The van der Waals surface area contributed by atoms with E-state index in [-0.39, 0.29) is 5.91 Å². The van der Waals surface area contributed by atoms with Crippen LogP contribution >= 0.6 is 0 Å². The van der Waals surface area contributed by atoms with Crippen molar-refractivity contribution >= 4 is 11.6 Å². The maximum atomic E-state index is 12.1. The van der Waals surface area contributed by atoms with Gasteiger partial charge in [0.25, 0.3) is 5.91 Å². The topological polar surface area (TPSA) is 79.4 Å². The van der Waals surface area contributed by atoms with Crippen LogP contribution in [-0.4, -0.2) is 27.9 Å². The number of nitrogens with zero attached hydrogens (tertiary/aromatic N) is 2. The molecule has 1 unspecified atom stereocenters. The van der Waals surface area contributed by atoms with Gasteiger partial charge < -0.3 is 10.2 Å². The Labute approximate surface area is 122 Å². The molecule has 1 aromatic heterocycles. The Morgan fingerprint density at radius 3 is 2.95 bits per heavy atom. The third kappa shape index (κ3) is 2.94. The molecule has 2 aromatic rings. The highest BCUT2D eigenvalue weighted by Crippen LogP contribution is 2.16. The van der Waals surface area contributed by atoms with Gasteiger partial charge in [0.05, 0.1) is 11.9 Å². The second-order valence-electron chi connectivity index (χ2n) is 4.94. The van der Waals surface area contributed by atoms with Gasteiger partial charge in [-0.3, -0.25) is 9.89 Å². The Morgan fingerprint density at radius 2 is 2.24 bits per heavy atom. The molecule has 2 heterocycles. The molecular formula is C15H16N4O2. The van der Waals surface area contributed by atoms with Crippen molar-refractivity contribution in [3.05, 3.63) is 53.3 Å². The summed E-state index contributed by atoms with van der Waals surface area (Å²) in [5.41, 5.74) is 3.70. The zero-order valence-electron chi connectivity index (χ0n) is 11.7. The molecule has 6 heteroatoms. The number of nitrogens with one attached hydrogen (secondary N) is 2. The average molecular weight is 284 g/mol. The number of hydrogen-bond donors (Lipinski definition) is 2. The molecule has 1 aliphatic rings. The van der Waals surface area contributed by atoms with Crippen LogP contribution in [-0.2, 0) is 16.2 Å². The number of oxime groups is 1. The summed E-state index contributed by atoms with van der Waals surface area (Å²) >= 11 is 0. The van der Waals surface area contributed by atoms with Crippen LogP contribution < -0.4 is 5.32 Å². The summed E-state index contributed by atoms with van der Waals surface area (Å²) in [6, 6.07) is 9.73. The fraction of sp³-hybridized carbons (Fsp3) is 0.267. The van der Waals surface area contributed by atoms with E-state index in [0.717, 1.165) is 22.5 Å². The first-order chi connectivity index (χ1) is 10.2. The predicted molar refractivity (Wildman–Crippen MR) is 77.6 cm³/mol. The molecule has 108 valence electrons. The van der Waals surface area contributed by atoms with Gasteiger partial charge in [0.2, 0.25) is 6.10 Å². The Balaban J connectivity index is 1.55. The van der Waals surface area contributed by atoms with Crippen molar-refractivity contribution in [2.45, 2.75) is 26.0 Å². The normalized spacial score (nSPS) is 17.2. The molecule has 1 aliphatic heterocycles. The molecule has 0 bridgehead atoms. The monoisotopic (exact) mass is 284 g/mol. The molecule has 0 saturated carbocycles. The van der Waals surface area contributed by atoms with Gasteiger partial charge in [-0.2, -0.15) is 5.10 Å². The van der Waals surface area contributed by atoms with Gasteiger partial charge in [0.15, 0.2) is 0 Å². The van der Waals surface area contributed by atoms with Crippen molar-refractivity contribution < 1.29 is 9.63 Å². The van der Waals surface area contributed by atoms with Crippen LogP contribution in [0.1, 0.15) is 23.2 Å². The van der Waals surface area contributed by atoms with E-state index >= 15 is 0 Å². The van der Waals surface area contributed by atoms with Crippen molar-refractivity contribution in [1.82, 2.24) is 15.5 Å². The lowest BCUT2D eigenvalue weighted by molar-refractivity contribution is -0.131. The van der Waals surface area contributed by atoms with E-state index < -0.39 is 6.10 Å². The van der Waals surface area contributed by atoms with E-state index in [0.29, 0.717) is 13.0 Å². The summed E-state index contributed by atoms with van der Waals surface area (Å²) in [6.07, 6.45) is 1.63. The first kappa shape index (κ1) is 13.4. The number of aryl methyl sites for hydroxylation is 1. The van der Waals surface area contributed by atoms with Gasteiger partial charge >= 0.3 is 0 Å². The van der Waals surface area contributed by atoms with E-state index in [1.165, 1.54) is 0 Å². The van der Waals surface area contributed by atoms with Crippen molar-refractivity contribution in [1.29, 1.82) is 0 Å². The van der Waals surface area contributed by atoms with Gasteiger partial charge in [-0.25, -0.2) is 0 Å². The molecule has 1 aromatic carbocycles. The molecule has 0 radical (unpaired) electrons. The average Bonchev–Trinajstić information content (AvgIpc) is 3.15. The number of rotatable bonds is 4. The van der Waals surface area contributed by atoms with Crippen LogP contribution in [0.5, 0.6) is 0 Å². The lowest BCUT2D eigenvalue weighted by atomic mass is 10.0. The first-order valence-electron chi connectivity index (χ1n) is 6.78. The Morgan fingerprint density at radius 1 is 1.43 bits per heavy atom. The number of aromatic nitrogens is 2. The van der Waals surface area contributed by atoms with Gasteiger partial charge in [-0.15, -0.1) is 0 Å². The molecule has 0 spiro atoms. The number of amides is 1. The van der Waals surface area contributed by atoms with Crippen molar-refractivity contribution in [3.8, 4) is 0 Å². The summed E-state index contributed by atoms with van der Waals surface area (Å²) < 4.78 is 0. The van der Waals surface area contributed by atoms with Crippen LogP contribution in [0.15, 0.2) is 41.7 Å². The molecule has 0 aliphatic carbocycles. The number of H-pyrrole nitrogens is 1. The minimum absolute atomic E-state index is 0.162. The van der Waals surface area contributed by atoms with Crippen molar-refractivity contribution in [3.63, 3.8) is 0 Å². The number of hydrogen-bond acceptors (Lipinski definition) is 4. The van der Waals surface area contributed by atoms with Crippen molar-refractivity contribution in [2.24, 2.45) is 5.16 Å². The minimum atomic E-state index is -0.563. The summed E-state index contributed by atoms with van der Waals surface area (Å²) in [6.45, 7) is 2.35. The molecule has 6 nitrogen and oxygen atoms in total. The highest BCUT2D eigenvalue weighted by molar-refractivity contribution is 6.04. The lowest BCUT2D eigenvalue weighted by Crippen LogP contribution is -2.34. The van der Waals surface area contributed by atoms with Crippen LogP contribution in [0.25, 0.3) is 0 Å². The summed E-state index contributed by atoms with van der Waals surface area (Å²) in [4.78, 5) is 17.3. The summed E-state index contributed by atoms with van der Waals surface area (Å²) in [5.74, 6) is -0.162. The van der Waals surface area contributed by atoms with E-state index in [2.05, 4.69) is 20.7 Å². The van der Waals surface area contributed by atoms with Gasteiger partial charge in [-0.05, 0) is 12.5 Å². The Bertz CT molecular complexity index is 663. The number of aromatic amines is 1. The quantitative estimate of drug-likeness (QED) is 0.893. The zero-order valence-corrected chi connectivity index (χ0v) is 11.7. The maximum Gasteiger partial charge on any atom is 0.264 e. The summed E-state index contributed by atoms with van der Waals surface area (Å²) in [7, 11) is 0. The molecule has 0 fully saturated rings. The highest BCUT2D eigenvalue weighted by atomic mass is 16.6. The number of carbonyl (C=O) groups is 1. The third-order valence-corrected chi connectivity index (χ3v) is 3.46. The standard InChI is InChI=1S/C15H16N4O2/c1-10-12(9-17-18-10)8-16-15(20)14-7-13(19-21-14)11-5-3-2-4-6-11/h2-6,9,14H,7-8H2,1H3,(H,16,20)(H,17,18). The van der Waals surface area contributed by atoms with Crippen LogP contribution in [0, 0.1) is 6.92 Å². The molecule has 0 saturated heterocycles. The maximum absolute atomic E-state index is 12.1. The fourth-order valence-electron chi connectivity index (χ4n) is 2.17. The minimum Gasteiger partial charge on any atom is -0.382 e. The van der Waals surface area contributed by atoms with E-state index in [1.54, 1.807) is 6.20 Å². The SMILES string of the molecule is Cc1[nH]ncc1CNC(=O)C1CC(c2ccccc2)=NO1. The van der Waals surface area contributed by atoms with Crippen LogP contribution in [0.3, 0.4) is 0 Å². The number of benzene rings is 1. The highest BCUT2D eigenvalue weighted by Gasteiger charge is 2.28. The molecular weight excluding hydrogens is 268 g/mol. The second kappa shape index (κ2) is 5.78. The van der Waals surface area contributed by atoms with Gasteiger partial charge in [-0.1, -0.05) is 35.5 Å². The first-order valence-corrected chi connectivity index (χ1v) is 6.78. The predicted octanol–water partition coefficient (Wildman–Crippen LogP) is 1.53. The fourth-order valence-corrected chi connectivity index (χ4v) is 2.17. The zero-order chi connectivity index (χ0) is 14.7. The van der Waals surface area contributed by atoms with Crippen LogP contribution in [0.4, 0.5) is 0 Å².